The number of methoxy groups -OCH3 is 2. The fourth-order valence-electron chi connectivity index (χ4n) is 1.69. The van der Waals surface area contributed by atoms with Crippen LogP contribution in [0.25, 0.3) is 0 Å². The van der Waals surface area contributed by atoms with Crippen LogP contribution in [0.4, 0.5) is 0 Å². The molecule has 0 atom stereocenters. The molecule has 0 radical (unpaired) electrons. The largest absolute Gasteiger partial charge is 0.481 e. The van der Waals surface area contributed by atoms with E-state index in [1.54, 1.807) is 30.3 Å². The third-order valence-corrected chi connectivity index (χ3v) is 2.65. The molecule has 0 N–H and O–H groups in total. The van der Waals surface area contributed by atoms with Gasteiger partial charge in [-0.15, -0.1) is 0 Å². The number of esters is 1. The second-order valence-electron chi connectivity index (χ2n) is 4.05. The van der Waals surface area contributed by atoms with Gasteiger partial charge in [-0.3, -0.25) is 0 Å². The van der Waals surface area contributed by atoms with E-state index in [0.29, 0.717) is 18.4 Å². The molecule has 0 saturated heterocycles. The van der Waals surface area contributed by atoms with Crippen LogP contribution in [0.2, 0.25) is 0 Å². The molecule has 22 heavy (non-hydrogen) atoms. The molecule has 1 heterocycles. The number of hydrogen-bond donors (Lipinski definition) is 0. The molecule has 0 saturated carbocycles. The zero-order valence-corrected chi connectivity index (χ0v) is 12.5. The molecular formula is C15H16N2O5. The molecule has 2 rings (SSSR count). The lowest BCUT2D eigenvalue weighted by molar-refractivity contribution is 0.0598. The second kappa shape index (κ2) is 7.26. The predicted molar refractivity (Wildman–Crippen MR) is 77.6 cm³/mol. The quantitative estimate of drug-likeness (QED) is 0.758. The number of ether oxygens (including phenoxy) is 4. The number of carbonyl (C=O) groups excluding carboxylic acids is 1. The van der Waals surface area contributed by atoms with Crippen LogP contribution in [0.1, 0.15) is 17.3 Å². The minimum Gasteiger partial charge on any atom is -0.481 e. The van der Waals surface area contributed by atoms with Gasteiger partial charge in [0.25, 0.3) is 0 Å². The fraction of sp³-hybridized carbons (Fsp3) is 0.267. The van der Waals surface area contributed by atoms with E-state index in [4.69, 9.17) is 18.9 Å². The van der Waals surface area contributed by atoms with E-state index in [-0.39, 0.29) is 17.3 Å². The highest BCUT2D eigenvalue weighted by Gasteiger charge is 2.15. The number of para-hydroxylation sites is 1. The summed E-state index contributed by atoms with van der Waals surface area (Å²) in [5, 5.41) is 0. The van der Waals surface area contributed by atoms with Crippen molar-refractivity contribution in [2.24, 2.45) is 0 Å². The molecule has 0 aliphatic carbocycles. The lowest BCUT2D eigenvalue weighted by Gasteiger charge is -2.10. The zero-order chi connectivity index (χ0) is 15.9. The van der Waals surface area contributed by atoms with Gasteiger partial charge < -0.3 is 18.9 Å². The van der Waals surface area contributed by atoms with Crippen molar-refractivity contribution < 1.29 is 23.7 Å². The van der Waals surface area contributed by atoms with Gasteiger partial charge in [0.1, 0.15) is 11.3 Å². The molecule has 1 aromatic carbocycles. The first-order valence-corrected chi connectivity index (χ1v) is 6.59. The van der Waals surface area contributed by atoms with Gasteiger partial charge in [-0.1, -0.05) is 12.1 Å². The summed E-state index contributed by atoms with van der Waals surface area (Å²) in [4.78, 5) is 19.9. The Kier molecular flexibility index (Phi) is 5.13. The molecule has 1 aromatic heterocycles. The van der Waals surface area contributed by atoms with Crippen LogP contribution < -0.4 is 14.2 Å². The number of benzene rings is 1. The minimum absolute atomic E-state index is 0.0131. The maximum absolute atomic E-state index is 11.7. The Morgan fingerprint density at radius 1 is 1.14 bits per heavy atom. The molecule has 7 nitrogen and oxygen atoms in total. The highest BCUT2D eigenvalue weighted by Crippen LogP contribution is 2.26. The van der Waals surface area contributed by atoms with Crippen molar-refractivity contribution in [1.82, 2.24) is 9.97 Å². The average Bonchev–Trinajstić information content (AvgIpc) is 2.54. The SMILES string of the molecule is CCOc1cc(OC)nc(Oc2ccccc2C(=O)OC)n1. The van der Waals surface area contributed by atoms with Crippen molar-refractivity contribution in [2.75, 3.05) is 20.8 Å². The van der Waals surface area contributed by atoms with Gasteiger partial charge in [-0.05, 0) is 19.1 Å². The van der Waals surface area contributed by atoms with E-state index < -0.39 is 5.97 Å². The third kappa shape index (κ3) is 3.63. The molecular weight excluding hydrogens is 288 g/mol. The molecule has 0 amide bonds. The van der Waals surface area contributed by atoms with Crippen molar-refractivity contribution >= 4 is 5.97 Å². The molecule has 7 heteroatoms. The van der Waals surface area contributed by atoms with Crippen molar-refractivity contribution in [3.05, 3.63) is 35.9 Å². The van der Waals surface area contributed by atoms with E-state index in [2.05, 4.69) is 9.97 Å². The standard InChI is InChI=1S/C15H16N2O5/c1-4-21-13-9-12(19-2)16-15(17-13)22-11-8-6-5-7-10(11)14(18)20-3/h5-9H,4H2,1-3H3. The summed E-state index contributed by atoms with van der Waals surface area (Å²) in [5.41, 5.74) is 0.273. The third-order valence-electron chi connectivity index (χ3n) is 2.65. The van der Waals surface area contributed by atoms with Crippen LogP contribution in [0.3, 0.4) is 0 Å². The van der Waals surface area contributed by atoms with Gasteiger partial charge in [-0.2, -0.15) is 9.97 Å². The Bertz CT molecular complexity index is 660. The number of nitrogens with zero attached hydrogens (tertiary/aromatic N) is 2. The van der Waals surface area contributed by atoms with Gasteiger partial charge in [0.15, 0.2) is 0 Å². The van der Waals surface area contributed by atoms with Crippen molar-refractivity contribution in [2.45, 2.75) is 6.92 Å². The summed E-state index contributed by atoms with van der Waals surface area (Å²) in [6, 6.07) is 8.20. The van der Waals surface area contributed by atoms with Crippen LogP contribution in [0.5, 0.6) is 23.5 Å². The molecule has 116 valence electrons. The van der Waals surface area contributed by atoms with Crippen LogP contribution in [0, 0.1) is 0 Å². The first-order valence-electron chi connectivity index (χ1n) is 6.59. The van der Waals surface area contributed by atoms with E-state index >= 15 is 0 Å². The molecule has 2 aromatic rings. The Morgan fingerprint density at radius 2 is 1.86 bits per heavy atom. The zero-order valence-electron chi connectivity index (χ0n) is 12.5. The summed E-state index contributed by atoms with van der Waals surface area (Å²) in [7, 11) is 2.78. The lowest BCUT2D eigenvalue weighted by atomic mass is 10.2. The summed E-state index contributed by atoms with van der Waals surface area (Å²) in [6.45, 7) is 2.28. The first-order chi connectivity index (χ1) is 10.7. The van der Waals surface area contributed by atoms with Gasteiger partial charge in [0.05, 0.1) is 26.9 Å². The van der Waals surface area contributed by atoms with Crippen LogP contribution in [-0.4, -0.2) is 36.8 Å². The molecule has 0 bridgehead atoms. The van der Waals surface area contributed by atoms with E-state index in [1.165, 1.54) is 14.2 Å². The summed E-state index contributed by atoms with van der Waals surface area (Å²) < 4.78 is 20.7. The second-order valence-corrected chi connectivity index (χ2v) is 4.05. The van der Waals surface area contributed by atoms with Gasteiger partial charge >= 0.3 is 12.0 Å². The highest BCUT2D eigenvalue weighted by atomic mass is 16.5. The summed E-state index contributed by atoms with van der Waals surface area (Å²) >= 11 is 0. The number of hydrogen-bond acceptors (Lipinski definition) is 7. The topological polar surface area (TPSA) is 79.8 Å². The van der Waals surface area contributed by atoms with Crippen molar-refractivity contribution in [1.29, 1.82) is 0 Å². The molecule has 0 fully saturated rings. The Morgan fingerprint density at radius 3 is 2.55 bits per heavy atom. The maximum atomic E-state index is 11.7. The first kappa shape index (κ1) is 15.6. The van der Waals surface area contributed by atoms with E-state index in [1.807, 2.05) is 6.92 Å². The normalized spacial score (nSPS) is 9.95. The molecule has 0 spiro atoms. The average molecular weight is 304 g/mol. The lowest BCUT2D eigenvalue weighted by Crippen LogP contribution is -2.05. The van der Waals surface area contributed by atoms with E-state index in [9.17, 15) is 4.79 Å². The van der Waals surface area contributed by atoms with Crippen molar-refractivity contribution in [3.8, 4) is 23.5 Å². The number of carbonyl (C=O) groups is 1. The number of rotatable bonds is 6. The fourth-order valence-corrected chi connectivity index (χ4v) is 1.69. The molecule has 0 aliphatic heterocycles. The van der Waals surface area contributed by atoms with Crippen LogP contribution in [0.15, 0.2) is 30.3 Å². The van der Waals surface area contributed by atoms with E-state index in [0.717, 1.165) is 0 Å². The smallest absolute Gasteiger partial charge is 0.341 e. The maximum Gasteiger partial charge on any atom is 0.341 e. The highest BCUT2D eigenvalue weighted by molar-refractivity contribution is 5.92. The monoisotopic (exact) mass is 304 g/mol. The minimum atomic E-state index is -0.511. The molecule has 0 unspecified atom stereocenters. The van der Waals surface area contributed by atoms with Crippen molar-refractivity contribution in [3.63, 3.8) is 0 Å². The van der Waals surface area contributed by atoms with Crippen LogP contribution in [-0.2, 0) is 4.74 Å². The predicted octanol–water partition coefficient (Wildman–Crippen LogP) is 2.46. The van der Waals surface area contributed by atoms with Gasteiger partial charge in [-0.25, -0.2) is 4.79 Å². The summed E-state index contributed by atoms with van der Waals surface area (Å²) in [5.74, 6) is 0.387. The van der Waals surface area contributed by atoms with Gasteiger partial charge in [0.2, 0.25) is 11.8 Å². The van der Waals surface area contributed by atoms with Crippen LogP contribution >= 0.6 is 0 Å². The Labute approximate surface area is 127 Å². The number of aromatic nitrogens is 2. The van der Waals surface area contributed by atoms with Gasteiger partial charge in [0, 0.05) is 0 Å². The summed E-state index contributed by atoms with van der Waals surface area (Å²) in [6.07, 6.45) is 0. The molecule has 0 aliphatic rings. The Hall–Kier alpha value is -2.83. The Balaban J connectivity index is 2.34.